The summed E-state index contributed by atoms with van der Waals surface area (Å²) in [7, 11) is 0. The van der Waals surface area contributed by atoms with Crippen LogP contribution in [-0.4, -0.2) is 27.7 Å². The van der Waals surface area contributed by atoms with E-state index in [1.54, 1.807) is 6.07 Å². The Bertz CT molecular complexity index is 796. The lowest BCUT2D eigenvalue weighted by atomic mass is 9.85. The number of alkyl halides is 1. The third-order valence-electron chi connectivity index (χ3n) is 5.86. The van der Waals surface area contributed by atoms with Gasteiger partial charge < -0.3 is 10.2 Å². The number of hydrogen-bond donors (Lipinski definition) is 2. The quantitative estimate of drug-likeness (QED) is 0.544. The Labute approximate surface area is 176 Å². The number of halogens is 1. The summed E-state index contributed by atoms with van der Waals surface area (Å²) in [5, 5.41) is 19.6. The Balaban J connectivity index is 1.56. The molecule has 4 unspecified atom stereocenters. The third-order valence-corrected chi connectivity index (χ3v) is 7.49. The fraction of sp³-hybridized carbons (Fsp3) is 0.522. The molecule has 28 heavy (non-hydrogen) atoms. The van der Waals surface area contributed by atoms with E-state index < -0.39 is 5.97 Å². The SMILES string of the molecule is Cc1cc(C)cc(CCC2C(O)CC(Cl)C2CCCc2ccc(C(=O)O)s2)c1. The van der Waals surface area contributed by atoms with Crippen molar-refractivity contribution in [1.29, 1.82) is 0 Å². The van der Waals surface area contributed by atoms with Crippen molar-refractivity contribution in [1.82, 2.24) is 0 Å². The first-order chi connectivity index (χ1) is 13.3. The molecule has 0 radical (unpaired) electrons. The van der Waals surface area contributed by atoms with Crippen LogP contribution in [0.3, 0.4) is 0 Å². The fourth-order valence-electron chi connectivity index (χ4n) is 4.62. The first-order valence-corrected chi connectivity index (χ1v) is 11.3. The van der Waals surface area contributed by atoms with Gasteiger partial charge in [0.25, 0.3) is 0 Å². The summed E-state index contributed by atoms with van der Waals surface area (Å²) in [6.07, 6.45) is 5.10. The Morgan fingerprint density at radius 2 is 1.82 bits per heavy atom. The molecule has 3 rings (SSSR count). The lowest BCUT2D eigenvalue weighted by molar-refractivity contribution is 0.0702. The molecule has 0 bridgehead atoms. The molecule has 0 aliphatic heterocycles. The number of aliphatic hydroxyl groups excluding tert-OH is 1. The second-order valence-corrected chi connectivity index (χ2v) is 9.87. The minimum atomic E-state index is -0.859. The number of aromatic carboxylic acids is 1. The van der Waals surface area contributed by atoms with Gasteiger partial charge in [-0.1, -0.05) is 29.3 Å². The molecule has 152 valence electrons. The molecule has 1 fully saturated rings. The smallest absolute Gasteiger partial charge is 0.345 e. The number of carboxylic acids is 1. The van der Waals surface area contributed by atoms with Crippen molar-refractivity contribution in [2.45, 2.75) is 63.9 Å². The van der Waals surface area contributed by atoms with E-state index in [-0.39, 0.29) is 17.4 Å². The van der Waals surface area contributed by atoms with Crippen LogP contribution in [0.4, 0.5) is 0 Å². The average molecular weight is 421 g/mol. The van der Waals surface area contributed by atoms with Crippen LogP contribution in [-0.2, 0) is 12.8 Å². The molecule has 0 saturated heterocycles. The zero-order chi connectivity index (χ0) is 20.3. The van der Waals surface area contributed by atoms with E-state index in [0.29, 0.717) is 17.2 Å². The van der Waals surface area contributed by atoms with Gasteiger partial charge in [0.05, 0.1) is 6.10 Å². The van der Waals surface area contributed by atoms with Gasteiger partial charge in [-0.2, -0.15) is 0 Å². The molecule has 1 aromatic heterocycles. The van der Waals surface area contributed by atoms with Gasteiger partial charge in [-0.05, 0) is 81.9 Å². The van der Waals surface area contributed by atoms with E-state index in [9.17, 15) is 9.90 Å². The average Bonchev–Trinajstić information content (AvgIpc) is 3.18. The number of rotatable bonds is 8. The molecule has 0 amide bonds. The second-order valence-electron chi connectivity index (χ2n) is 8.14. The number of carbonyl (C=O) groups is 1. The maximum Gasteiger partial charge on any atom is 0.345 e. The lowest BCUT2D eigenvalue weighted by Gasteiger charge is -2.23. The van der Waals surface area contributed by atoms with Gasteiger partial charge in [-0.15, -0.1) is 22.9 Å². The molecule has 1 saturated carbocycles. The highest BCUT2D eigenvalue weighted by atomic mass is 35.5. The fourth-order valence-corrected chi connectivity index (χ4v) is 6.00. The maximum atomic E-state index is 11.0. The zero-order valence-corrected chi connectivity index (χ0v) is 18.1. The Morgan fingerprint density at radius 1 is 1.11 bits per heavy atom. The molecule has 0 spiro atoms. The summed E-state index contributed by atoms with van der Waals surface area (Å²) in [6.45, 7) is 4.25. The highest BCUT2D eigenvalue weighted by molar-refractivity contribution is 7.13. The van der Waals surface area contributed by atoms with Crippen LogP contribution in [0.1, 0.15) is 56.9 Å². The van der Waals surface area contributed by atoms with E-state index in [2.05, 4.69) is 32.0 Å². The molecule has 1 aromatic carbocycles. The van der Waals surface area contributed by atoms with E-state index in [1.165, 1.54) is 28.0 Å². The van der Waals surface area contributed by atoms with Gasteiger partial charge in [0, 0.05) is 10.3 Å². The number of carboxylic acid groups (broad SMARTS) is 1. The van der Waals surface area contributed by atoms with E-state index in [0.717, 1.165) is 37.0 Å². The van der Waals surface area contributed by atoms with Crippen LogP contribution in [0.5, 0.6) is 0 Å². The van der Waals surface area contributed by atoms with E-state index in [1.807, 2.05) is 6.07 Å². The van der Waals surface area contributed by atoms with E-state index >= 15 is 0 Å². The Kier molecular flexibility index (Phi) is 7.19. The number of aliphatic hydroxyl groups is 1. The summed E-state index contributed by atoms with van der Waals surface area (Å²) in [5.74, 6) is -0.301. The maximum absolute atomic E-state index is 11.0. The minimum absolute atomic E-state index is 0.0251. The van der Waals surface area contributed by atoms with Crippen LogP contribution in [0.15, 0.2) is 30.3 Å². The molecule has 1 aliphatic rings. The van der Waals surface area contributed by atoms with Gasteiger partial charge in [-0.25, -0.2) is 4.79 Å². The monoisotopic (exact) mass is 420 g/mol. The normalized spacial score (nSPS) is 24.6. The molecular formula is C23H29ClO3S. The van der Waals surface area contributed by atoms with Crippen molar-refractivity contribution in [3.8, 4) is 0 Å². The summed E-state index contributed by atoms with van der Waals surface area (Å²) < 4.78 is 0. The predicted octanol–water partition coefficient (Wildman–Crippen LogP) is 5.62. The summed E-state index contributed by atoms with van der Waals surface area (Å²) in [5.41, 5.74) is 3.90. The van der Waals surface area contributed by atoms with Gasteiger partial charge in [0.15, 0.2) is 0 Å². The molecule has 1 heterocycles. The molecule has 5 heteroatoms. The van der Waals surface area contributed by atoms with Gasteiger partial charge in [-0.3, -0.25) is 0 Å². The van der Waals surface area contributed by atoms with Crippen LogP contribution in [0, 0.1) is 25.7 Å². The van der Waals surface area contributed by atoms with Crippen molar-refractivity contribution in [3.63, 3.8) is 0 Å². The third kappa shape index (κ3) is 5.37. The predicted molar refractivity (Wildman–Crippen MR) is 116 cm³/mol. The van der Waals surface area contributed by atoms with Crippen LogP contribution < -0.4 is 0 Å². The number of thiophene rings is 1. The number of aryl methyl sites for hydroxylation is 4. The summed E-state index contributed by atoms with van der Waals surface area (Å²) >= 11 is 7.95. The summed E-state index contributed by atoms with van der Waals surface area (Å²) in [6, 6.07) is 10.2. The highest BCUT2D eigenvalue weighted by Crippen LogP contribution is 2.41. The summed E-state index contributed by atoms with van der Waals surface area (Å²) in [4.78, 5) is 12.5. The van der Waals surface area contributed by atoms with Crippen molar-refractivity contribution in [3.05, 3.63) is 56.8 Å². The molecule has 3 nitrogen and oxygen atoms in total. The topological polar surface area (TPSA) is 57.5 Å². The number of benzene rings is 1. The lowest BCUT2D eigenvalue weighted by Crippen LogP contribution is -2.21. The van der Waals surface area contributed by atoms with Gasteiger partial charge in [0.1, 0.15) is 4.88 Å². The van der Waals surface area contributed by atoms with Crippen molar-refractivity contribution < 1.29 is 15.0 Å². The van der Waals surface area contributed by atoms with Crippen molar-refractivity contribution >= 4 is 28.9 Å². The first-order valence-electron chi connectivity index (χ1n) is 10.0. The zero-order valence-electron chi connectivity index (χ0n) is 16.5. The Morgan fingerprint density at radius 3 is 2.46 bits per heavy atom. The largest absolute Gasteiger partial charge is 0.477 e. The molecule has 4 atom stereocenters. The number of hydrogen-bond acceptors (Lipinski definition) is 3. The van der Waals surface area contributed by atoms with E-state index in [4.69, 9.17) is 16.7 Å². The van der Waals surface area contributed by atoms with Gasteiger partial charge >= 0.3 is 5.97 Å². The standard InChI is InChI=1S/C23H29ClO3S/c1-14-10-15(2)12-16(11-14)6-8-19-18(20(24)13-21(19)25)5-3-4-17-7-9-22(28-17)23(26)27/h7,9-12,18-21,25H,3-6,8,13H2,1-2H3,(H,26,27). The molecule has 2 aromatic rings. The molecular weight excluding hydrogens is 392 g/mol. The first kappa shape index (κ1) is 21.4. The van der Waals surface area contributed by atoms with Crippen molar-refractivity contribution in [2.75, 3.05) is 0 Å². The van der Waals surface area contributed by atoms with Crippen LogP contribution >= 0.6 is 22.9 Å². The highest BCUT2D eigenvalue weighted by Gasteiger charge is 2.40. The molecule has 1 aliphatic carbocycles. The van der Waals surface area contributed by atoms with Crippen LogP contribution in [0.25, 0.3) is 0 Å². The second kappa shape index (κ2) is 9.43. The van der Waals surface area contributed by atoms with Crippen molar-refractivity contribution in [2.24, 2.45) is 11.8 Å². The van der Waals surface area contributed by atoms with Gasteiger partial charge in [0.2, 0.25) is 0 Å². The van der Waals surface area contributed by atoms with Crippen LogP contribution in [0.2, 0.25) is 0 Å². The Hall–Kier alpha value is -1.36. The minimum Gasteiger partial charge on any atom is -0.477 e. The molecule has 2 N–H and O–H groups in total.